The molecule has 0 saturated carbocycles. The van der Waals surface area contributed by atoms with E-state index in [1.54, 1.807) is 6.07 Å². The zero-order valence-corrected chi connectivity index (χ0v) is 13.7. The summed E-state index contributed by atoms with van der Waals surface area (Å²) in [7, 11) is -3.19. The van der Waals surface area contributed by atoms with E-state index in [0.29, 0.717) is 11.3 Å². The Balaban J connectivity index is 2.47. The molecule has 1 aliphatic heterocycles. The summed E-state index contributed by atoms with van der Waals surface area (Å²) in [6.07, 6.45) is 2.58. The molecule has 5 heteroatoms. The first kappa shape index (κ1) is 15.0. The zero-order valence-electron chi connectivity index (χ0n) is 11.3. The van der Waals surface area contributed by atoms with Gasteiger partial charge in [-0.15, -0.1) is 0 Å². The lowest BCUT2D eigenvalue weighted by Crippen LogP contribution is -2.32. The zero-order chi connectivity index (χ0) is 14.0. The van der Waals surface area contributed by atoms with Gasteiger partial charge in [-0.05, 0) is 43.1 Å². The Morgan fingerprint density at radius 3 is 2.63 bits per heavy atom. The topological polar surface area (TPSA) is 46.2 Å². The number of hydrogen-bond acceptors (Lipinski definition) is 3. The van der Waals surface area contributed by atoms with Gasteiger partial charge < -0.3 is 5.32 Å². The number of halogens is 1. The Morgan fingerprint density at radius 1 is 1.26 bits per heavy atom. The molecule has 0 aliphatic carbocycles. The predicted octanol–water partition coefficient (Wildman–Crippen LogP) is 3.45. The maximum atomic E-state index is 12.6. The van der Waals surface area contributed by atoms with Gasteiger partial charge in [0.15, 0.2) is 9.84 Å². The fourth-order valence-corrected chi connectivity index (χ4v) is 5.34. The van der Waals surface area contributed by atoms with Gasteiger partial charge in [0, 0.05) is 4.47 Å². The summed E-state index contributed by atoms with van der Waals surface area (Å²) in [5.74, 6) is 0. The van der Waals surface area contributed by atoms with E-state index >= 15 is 0 Å². The third kappa shape index (κ3) is 2.73. The van der Waals surface area contributed by atoms with Crippen LogP contribution in [-0.4, -0.2) is 20.2 Å². The molecule has 2 unspecified atom stereocenters. The number of hydrogen-bond donors (Lipinski definition) is 1. The predicted molar refractivity (Wildman–Crippen MR) is 81.1 cm³/mol. The van der Waals surface area contributed by atoms with Crippen molar-refractivity contribution in [3.05, 3.63) is 28.2 Å². The summed E-state index contributed by atoms with van der Waals surface area (Å²) in [6, 6.07) is 5.40. The molecular formula is C14H20BrNO2S. The number of sulfone groups is 1. The fourth-order valence-electron chi connectivity index (χ4n) is 2.71. The molecule has 2 atom stereocenters. The van der Waals surface area contributed by atoms with Gasteiger partial charge in [-0.2, -0.15) is 0 Å². The van der Waals surface area contributed by atoms with Gasteiger partial charge in [0.1, 0.15) is 0 Å². The number of nitrogens with one attached hydrogen (secondary N) is 1. The van der Waals surface area contributed by atoms with Crippen molar-refractivity contribution in [1.29, 1.82) is 0 Å². The van der Waals surface area contributed by atoms with Crippen LogP contribution in [0.4, 0.5) is 0 Å². The highest BCUT2D eigenvalue weighted by molar-refractivity contribution is 9.10. The van der Waals surface area contributed by atoms with Crippen LogP contribution in [0.25, 0.3) is 0 Å². The molecule has 0 amide bonds. The molecule has 106 valence electrons. The molecule has 3 nitrogen and oxygen atoms in total. The highest BCUT2D eigenvalue weighted by Crippen LogP contribution is 2.42. The van der Waals surface area contributed by atoms with Crippen molar-refractivity contribution in [2.75, 3.05) is 6.54 Å². The summed E-state index contributed by atoms with van der Waals surface area (Å²) in [5.41, 5.74) is 0.918. The second kappa shape index (κ2) is 5.94. The third-order valence-electron chi connectivity index (χ3n) is 3.57. The average molecular weight is 346 g/mol. The quantitative estimate of drug-likeness (QED) is 0.888. The van der Waals surface area contributed by atoms with Crippen LogP contribution >= 0.6 is 15.9 Å². The molecule has 0 fully saturated rings. The minimum absolute atomic E-state index is 0.0719. The SMILES string of the molecule is CCCNC1c2cc(Br)ccc2S(=O)(=O)C1CCC. The molecule has 0 aromatic heterocycles. The molecule has 1 N–H and O–H groups in total. The summed E-state index contributed by atoms with van der Waals surface area (Å²) in [4.78, 5) is 0.503. The van der Waals surface area contributed by atoms with Crippen molar-refractivity contribution < 1.29 is 8.42 Å². The van der Waals surface area contributed by atoms with Gasteiger partial charge in [-0.1, -0.05) is 36.2 Å². The summed E-state index contributed by atoms with van der Waals surface area (Å²) < 4.78 is 26.1. The van der Waals surface area contributed by atoms with Crippen molar-refractivity contribution in [3.63, 3.8) is 0 Å². The molecule has 19 heavy (non-hydrogen) atoms. The molecule has 0 saturated heterocycles. The third-order valence-corrected chi connectivity index (χ3v) is 6.35. The van der Waals surface area contributed by atoms with Crippen LogP contribution in [0, 0.1) is 0 Å². The Kier molecular flexibility index (Phi) is 4.69. The standard InChI is InChI=1S/C14H20BrNO2S/c1-3-5-13-14(16-8-4-2)11-9-10(15)6-7-12(11)19(13,17)18/h6-7,9,13-14,16H,3-5,8H2,1-2H3. The van der Waals surface area contributed by atoms with Crippen LogP contribution in [0.2, 0.25) is 0 Å². The first-order valence-corrected chi connectivity index (χ1v) is 9.13. The summed E-state index contributed by atoms with van der Waals surface area (Å²) >= 11 is 3.43. The molecule has 1 aromatic carbocycles. The molecule has 0 radical (unpaired) electrons. The van der Waals surface area contributed by atoms with Crippen LogP contribution in [0.3, 0.4) is 0 Å². The van der Waals surface area contributed by atoms with Gasteiger partial charge >= 0.3 is 0 Å². The van der Waals surface area contributed by atoms with Crippen molar-refractivity contribution in [2.24, 2.45) is 0 Å². The minimum Gasteiger partial charge on any atom is -0.309 e. The Morgan fingerprint density at radius 2 is 2.00 bits per heavy atom. The molecular weight excluding hydrogens is 326 g/mol. The number of benzene rings is 1. The maximum absolute atomic E-state index is 12.6. The van der Waals surface area contributed by atoms with Crippen molar-refractivity contribution in [2.45, 2.75) is 49.3 Å². The van der Waals surface area contributed by atoms with Crippen molar-refractivity contribution in [3.8, 4) is 0 Å². The highest BCUT2D eigenvalue weighted by Gasteiger charge is 2.43. The first-order valence-electron chi connectivity index (χ1n) is 6.79. The first-order chi connectivity index (χ1) is 9.02. The van der Waals surface area contributed by atoms with Crippen LogP contribution in [0.15, 0.2) is 27.6 Å². The van der Waals surface area contributed by atoms with Crippen LogP contribution in [-0.2, 0) is 9.84 Å². The molecule has 2 rings (SSSR count). The van der Waals surface area contributed by atoms with E-state index in [0.717, 1.165) is 29.4 Å². The summed E-state index contributed by atoms with van der Waals surface area (Å²) in [6.45, 7) is 4.96. The molecule has 0 spiro atoms. The molecule has 1 aliphatic rings. The summed E-state index contributed by atoms with van der Waals surface area (Å²) in [5, 5.41) is 3.08. The number of rotatable bonds is 5. The van der Waals surface area contributed by atoms with Crippen molar-refractivity contribution >= 4 is 25.8 Å². The Labute approximate surface area is 123 Å². The normalized spacial score (nSPS) is 24.4. The Hall–Kier alpha value is -0.390. The second-order valence-corrected chi connectivity index (χ2v) is 8.04. The fraction of sp³-hybridized carbons (Fsp3) is 0.571. The largest absolute Gasteiger partial charge is 0.309 e. The monoisotopic (exact) mass is 345 g/mol. The van der Waals surface area contributed by atoms with Crippen LogP contribution in [0.5, 0.6) is 0 Å². The van der Waals surface area contributed by atoms with E-state index in [4.69, 9.17) is 0 Å². The van der Waals surface area contributed by atoms with Gasteiger partial charge in [0.05, 0.1) is 16.2 Å². The van der Waals surface area contributed by atoms with Crippen molar-refractivity contribution in [1.82, 2.24) is 5.32 Å². The van der Waals surface area contributed by atoms with Crippen LogP contribution in [0.1, 0.15) is 44.7 Å². The molecule has 1 aromatic rings. The van der Waals surface area contributed by atoms with E-state index in [-0.39, 0.29) is 11.3 Å². The average Bonchev–Trinajstić information content (AvgIpc) is 2.56. The lowest BCUT2D eigenvalue weighted by Gasteiger charge is -2.20. The van der Waals surface area contributed by atoms with E-state index in [1.165, 1.54) is 0 Å². The van der Waals surface area contributed by atoms with Gasteiger partial charge in [-0.3, -0.25) is 0 Å². The number of fused-ring (bicyclic) bond motifs is 1. The van der Waals surface area contributed by atoms with Gasteiger partial charge in [0.25, 0.3) is 0 Å². The highest BCUT2D eigenvalue weighted by atomic mass is 79.9. The lowest BCUT2D eigenvalue weighted by atomic mass is 10.0. The van der Waals surface area contributed by atoms with E-state index in [1.807, 2.05) is 19.1 Å². The molecule has 0 bridgehead atoms. The van der Waals surface area contributed by atoms with E-state index in [9.17, 15) is 8.42 Å². The molecule has 1 heterocycles. The van der Waals surface area contributed by atoms with Gasteiger partial charge in [0.2, 0.25) is 0 Å². The minimum atomic E-state index is -3.19. The Bertz CT molecular complexity index is 557. The van der Waals surface area contributed by atoms with E-state index in [2.05, 4.69) is 28.2 Å². The van der Waals surface area contributed by atoms with E-state index < -0.39 is 9.84 Å². The maximum Gasteiger partial charge on any atom is 0.183 e. The lowest BCUT2D eigenvalue weighted by molar-refractivity contribution is 0.481. The van der Waals surface area contributed by atoms with Gasteiger partial charge in [-0.25, -0.2) is 8.42 Å². The van der Waals surface area contributed by atoms with Crippen LogP contribution < -0.4 is 5.32 Å². The second-order valence-electron chi connectivity index (χ2n) is 4.99. The smallest absolute Gasteiger partial charge is 0.183 e.